The molecule has 0 radical (unpaired) electrons. The third-order valence-corrected chi connectivity index (χ3v) is 5.29. The van der Waals surface area contributed by atoms with Crippen molar-refractivity contribution >= 4 is 46.6 Å². The molecular formula is C17H16Cl2N2O3S. The summed E-state index contributed by atoms with van der Waals surface area (Å²) in [6.45, 7) is 2.23. The zero-order valence-electron chi connectivity index (χ0n) is 13.4. The van der Waals surface area contributed by atoms with Gasteiger partial charge in [0.15, 0.2) is 0 Å². The van der Waals surface area contributed by atoms with E-state index in [1.165, 1.54) is 23.9 Å². The van der Waals surface area contributed by atoms with Crippen molar-refractivity contribution in [2.24, 2.45) is 0 Å². The topological polar surface area (TPSA) is 72.2 Å². The molecule has 1 atom stereocenters. The predicted octanol–water partition coefficient (Wildman–Crippen LogP) is 5.01. The Morgan fingerprint density at radius 2 is 2.04 bits per heavy atom. The molecule has 0 spiro atoms. The lowest BCUT2D eigenvalue weighted by molar-refractivity contribution is -0.384. The lowest BCUT2D eigenvalue weighted by atomic mass is 10.1. The molecule has 0 aliphatic rings. The van der Waals surface area contributed by atoms with E-state index >= 15 is 0 Å². The van der Waals surface area contributed by atoms with Crippen molar-refractivity contribution in [2.75, 3.05) is 5.75 Å². The standard InChI is InChI=1S/C17H16Cl2N2O3S/c1-11(12-3-2-4-15(7-12)21(23)24)25-10-17(22)20-9-13-5-6-14(18)8-16(13)19/h2-8,11H,9-10H2,1H3,(H,20,22)/t11-/m0/s1. The van der Waals surface area contributed by atoms with Gasteiger partial charge in [-0.25, -0.2) is 0 Å². The third kappa shape index (κ3) is 5.92. The normalized spacial score (nSPS) is 11.8. The van der Waals surface area contributed by atoms with Gasteiger partial charge in [-0.1, -0.05) is 41.4 Å². The fourth-order valence-electron chi connectivity index (χ4n) is 2.10. The van der Waals surface area contributed by atoms with E-state index in [1.54, 1.807) is 24.3 Å². The summed E-state index contributed by atoms with van der Waals surface area (Å²) in [7, 11) is 0. The Hall–Kier alpha value is -1.76. The highest BCUT2D eigenvalue weighted by Crippen LogP contribution is 2.30. The summed E-state index contributed by atoms with van der Waals surface area (Å²) in [4.78, 5) is 22.4. The number of halogens is 2. The molecule has 1 N–H and O–H groups in total. The minimum Gasteiger partial charge on any atom is -0.351 e. The van der Waals surface area contributed by atoms with Gasteiger partial charge in [0.2, 0.25) is 5.91 Å². The van der Waals surface area contributed by atoms with Crippen LogP contribution in [-0.2, 0) is 11.3 Å². The molecule has 5 nitrogen and oxygen atoms in total. The van der Waals surface area contributed by atoms with Crippen LogP contribution in [0, 0.1) is 10.1 Å². The van der Waals surface area contributed by atoms with E-state index in [1.807, 2.05) is 13.0 Å². The maximum Gasteiger partial charge on any atom is 0.269 e. The molecule has 8 heteroatoms. The second-order valence-corrected chi connectivity index (χ2v) is 7.49. The Labute approximate surface area is 159 Å². The molecule has 2 aromatic carbocycles. The highest BCUT2D eigenvalue weighted by molar-refractivity contribution is 8.00. The second-order valence-electron chi connectivity index (χ2n) is 5.32. The van der Waals surface area contributed by atoms with Crippen molar-refractivity contribution in [2.45, 2.75) is 18.7 Å². The molecule has 0 aliphatic carbocycles. The number of non-ortho nitro benzene ring substituents is 1. The van der Waals surface area contributed by atoms with Crippen molar-refractivity contribution in [1.29, 1.82) is 0 Å². The van der Waals surface area contributed by atoms with Crippen molar-refractivity contribution in [3.63, 3.8) is 0 Å². The first-order chi connectivity index (χ1) is 11.9. The molecule has 132 valence electrons. The minimum absolute atomic E-state index is 0.0373. The summed E-state index contributed by atoms with van der Waals surface area (Å²) in [6.07, 6.45) is 0. The van der Waals surface area contributed by atoms with Gasteiger partial charge < -0.3 is 5.32 Å². The van der Waals surface area contributed by atoms with Crippen LogP contribution in [0.5, 0.6) is 0 Å². The molecule has 0 aliphatic heterocycles. The van der Waals surface area contributed by atoms with Gasteiger partial charge in [-0.05, 0) is 30.2 Å². The average Bonchev–Trinajstić information content (AvgIpc) is 2.59. The van der Waals surface area contributed by atoms with Crippen LogP contribution in [0.2, 0.25) is 10.0 Å². The molecule has 0 saturated heterocycles. The van der Waals surface area contributed by atoms with Crippen LogP contribution in [0.4, 0.5) is 5.69 Å². The van der Waals surface area contributed by atoms with Gasteiger partial charge in [-0.2, -0.15) is 0 Å². The fraction of sp³-hybridized carbons (Fsp3) is 0.235. The Morgan fingerprint density at radius 1 is 1.28 bits per heavy atom. The maximum absolute atomic E-state index is 12.0. The molecule has 2 aromatic rings. The lowest BCUT2D eigenvalue weighted by Crippen LogP contribution is -2.25. The van der Waals surface area contributed by atoms with Gasteiger partial charge >= 0.3 is 0 Å². The first kappa shape index (κ1) is 19.6. The lowest BCUT2D eigenvalue weighted by Gasteiger charge is -2.12. The van der Waals surface area contributed by atoms with Crippen molar-refractivity contribution in [3.05, 3.63) is 73.8 Å². The van der Waals surface area contributed by atoms with Crippen molar-refractivity contribution < 1.29 is 9.72 Å². The zero-order valence-corrected chi connectivity index (χ0v) is 15.7. The molecule has 0 heterocycles. The number of thioether (sulfide) groups is 1. The summed E-state index contributed by atoms with van der Waals surface area (Å²) in [5.74, 6) is 0.114. The molecule has 0 aromatic heterocycles. The number of carbonyl (C=O) groups is 1. The van der Waals surface area contributed by atoms with E-state index in [0.717, 1.165) is 11.1 Å². The summed E-state index contributed by atoms with van der Waals surface area (Å²) in [5, 5.41) is 14.6. The largest absolute Gasteiger partial charge is 0.351 e. The Balaban J connectivity index is 1.85. The number of hydrogen-bond acceptors (Lipinski definition) is 4. The first-order valence-electron chi connectivity index (χ1n) is 7.43. The Morgan fingerprint density at radius 3 is 2.72 bits per heavy atom. The van der Waals surface area contributed by atoms with Gasteiger partial charge in [0.25, 0.3) is 5.69 Å². The van der Waals surface area contributed by atoms with Gasteiger partial charge in [0.05, 0.1) is 10.7 Å². The third-order valence-electron chi connectivity index (χ3n) is 3.51. The van der Waals surface area contributed by atoms with E-state index in [0.29, 0.717) is 16.6 Å². The van der Waals surface area contributed by atoms with Crippen LogP contribution in [0.1, 0.15) is 23.3 Å². The molecule has 25 heavy (non-hydrogen) atoms. The van der Waals surface area contributed by atoms with Crippen LogP contribution in [-0.4, -0.2) is 16.6 Å². The van der Waals surface area contributed by atoms with Crippen LogP contribution in [0.3, 0.4) is 0 Å². The van der Waals surface area contributed by atoms with Crippen LogP contribution in [0.15, 0.2) is 42.5 Å². The summed E-state index contributed by atoms with van der Waals surface area (Å²) < 4.78 is 0. The quantitative estimate of drug-likeness (QED) is 0.525. The number of carbonyl (C=O) groups excluding carboxylic acids is 1. The van der Waals surface area contributed by atoms with E-state index < -0.39 is 4.92 Å². The molecule has 0 fully saturated rings. The van der Waals surface area contributed by atoms with E-state index in [2.05, 4.69) is 5.32 Å². The number of nitrogens with one attached hydrogen (secondary N) is 1. The Bertz CT molecular complexity index is 786. The number of nitro groups is 1. The van der Waals surface area contributed by atoms with Gasteiger partial charge in [-0.15, -0.1) is 11.8 Å². The summed E-state index contributed by atoms with van der Waals surface area (Å²) in [6, 6.07) is 11.6. The number of hydrogen-bond donors (Lipinski definition) is 1. The molecule has 1 amide bonds. The number of rotatable bonds is 7. The van der Waals surface area contributed by atoms with Crippen LogP contribution < -0.4 is 5.32 Å². The maximum atomic E-state index is 12.0. The van der Waals surface area contributed by atoms with Crippen LogP contribution >= 0.6 is 35.0 Å². The van der Waals surface area contributed by atoms with Crippen molar-refractivity contribution in [1.82, 2.24) is 5.32 Å². The number of nitrogens with zero attached hydrogens (tertiary/aromatic N) is 1. The van der Waals surface area contributed by atoms with E-state index in [-0.39, 0.29) is 22.6 Å². The highest BCUT2D eigenvalue weighted by atomic mass is 35.5. The van der Waals surface area contributed by atoms with Gasteiger partial charge in [-0.3, -0.25) is 14.9 Å². The molecule has 0 saturated carbocycles. The monoisotopic (exact) mass is 398 g/mol. The van der Waals surface area contributed by atoms with E-state index in [4.69, 9.17) is 23.2 Å². The number of nitro benzene ring substituents is 1. The number of benzene rings is 2. The Kier molecular flexibility index (Phi) is 7.11. The predicted molar refractivity (Wildman–Crippen MR) is 102 cm³/mol. The molecule has 0 unspecified atom stereocenters. The van der Waals surface area contributed by atoms with Gasteiger partial charge in [0.1, 0.15) is 0 Å². The van der Waals surface area contributed by atoms with Crippen molar-refractivity contribution in [3.8, 4) is 0 Å². The average molecular weight is 399 g/mol. The number of amides is 1. The second kappa shape index (κ2) is 9.08. The molecule has 2 rings (SSSR count). The SMILES string of the molecule is C[C@H](SCC(=O)NCc1ccc(Cl)cc1Cl)c1cccc([N+](=O)[O-])c1. The first-order valence-corrected chi connectivity index (χ1v) is 9.24. The molecule has 0 bridgehead atoms. The smallest absolute Gasteiger partial charge is 0.269 e. The highest BCUT2D eigenvalue weighted by Gasteiger charge is 2.13. The zero-order chi connectivity index (χ0) is 18.4. The van der Waals surface area contributed by atoms with E-state index in [9.17, 15) is 14.9 Å². The minimum atomic E-state index is -0.427. The summed E-state index contributed by atoms with van der Waals surface area (Å²) in [5.41, 5.74) is 1.65. The summed E-state index contributed by atoms with van der Waals surface area (Å²) >= 11 is 13.3. The van der Waals surface area contributed by atoms with Gasteiger partial charge in [0, 0.05) is 34.0 Å². The fourth-order valence-corrected chi connectivity index (χ4v) is 3.42. The van der Waals surface area contributed by atoms with Crippen LogP contribution in [0.25, 0.3) is 0 Å². The molecular weight excluding hydrogens is 383 g/mol.